The molecule has 0 fully saturated rings. The molecule has 0 atom stereocenters. The number of nitrogens with zero attached hydrogens (tertiary/aromatic N) is 1. The molecule has 0 aromatic heterocycles. The summed E-state index contributed by atoms with van der Waals surface area (Å²) in [5.74, 6) is 8.00. The average molecular weight is 570 g/mol. The van der Waals surface area contributed by atoms with E-state index < -0.39 is 0 Å². The van der Waals surface area contributed by atoms with Gasteiger partial charge < -0.3 is 5.21 Å². The molecule has 0 aliphatic carbocycles. The van der Waals surface area contributed by atoms with Crippen LogP contribution in [0.25, 0.3) is 0 Å². The van der Waals surface area contributed by atoms with Gasteiger partial charge >= 0.3 is 0 Å². The van der Waals surface area contributed by atoms with E-state index in [2.05, 4.69) is 25.5 Å². The third-order valence-electron chi connectivity index (χ3n) is 8.54. The van der Waals surface area contributed by atoms with Crippen molar-refractivity contribution in [3.8, 4) is 0 Å². The van der Waals surface area contributed by atoms with Crippen molar-refractivity contribution in [2.75, 3.05) is 13.1 Å². The third-order valence-corrected chi connectivity index (χ3v) is 8.54. The van der Waals surface area contributed by atoms with Crippen LogP contribution in [-0.4, -0.2) is 23.4 Å². The Morgan fingerprint density at radius 3 is 0.625 bits per heavy atom. The van der Waals surface area contributed by atoms with Gasteiger partial charge in [0, 0.05) is 13.1 Å². The number of hydrogen-bond acceptors (Lipinski definition) is 4. The molecule has 0 spiro atoms. The molecule has 0 amide bonds. The maximum Gasteiger partial charge on any atom is 0.0238 e. The van der Waals surface area contributed by atoms with Gasteiger partial charge in [-0.1, -0.05) is 206 Å². The molecule has 0 saturated carbocycles. The molecule has 0 aromatic carbocycles. The lowest BCUT2D eigenvalue weighted by atomic mass is 10.0. The van der Waals surface area contributed by atoms with Crippen LogP contribution < -0.4 is 11.7 Å². The Balaban J connectivity index is 0. The first kappa shape index (κ1) is 42.0. The molecule has 244 valence electrons. The second-order valence-electron chi connectivity index (χ2n) is 12.6. The van der Waals surface area contributed by atoms with Crippen LogP contribution in [0.3, 0.4) is 0 Å². The van der Waals surface area contributed by atoms with E-state index in [1.165, 1.54) is 193 Å². The fraction of sp³-hybridized carbons (Fsp3) is 1.00. The highest BCUT2D eigenvalue weighted by Crippen LogP contribution is 2.15. The lowest BCUT2D eigenvalue weighted by Crippen LogP contribution is -2.21. The number of hydrogen-bond donors (Lipinski definition) is 3. The fourth-order valence-electron chi connectivity index (χ4n) is 5.80. The van der Waals surface area contributed by atoms with Gasteiger partial charge in [0.1, 0.15) is 0 Å². The van der Waals surface area contributed by atoms with Gasteiger partial charge in [0.25, 0.3) is 0 Å². The molecule has 0 radical (unpaired) electrons. The van der Waals surface area contributed by atoms with Gasteiger partial charge in [0.2, 0.25) is 0 Å². The highest BCUT2D eigenvalue weighted by atomic mass is 16.5. The zero-order chi connectivity index (χ0) is 29.6. The molecular formula is C36H79N3O. The van der Waals surface area contributed by atoms with E-state index >= 15 is 0 Å². The summed E-state index contributed by atoms with van der Waals surface area (Å²) < 4.78 is 0. The SMILES string of the molecule is CCCCCCCCCCCCCCCCCCN(O)CCCCCCCCCCCCCCCCCC.NN. The van der Waals surface area contributed by atoms with Gasteiger partial charge in [-0.2, -0.15) is 5.06 Å². The largest absolute Gasteiger partial charge is 0.314 e. The van der Waals surface area contributed by atoms with E-state index in [1.54, 1.807) is 5.06 Å². The summed E-state index contributed by atoms with van der Waals surface area (Å²) in [7, 11) is 0. The van der Waals surface area contributed by atoms with Gasteiger partial charge in [-0.05, 0) is 12.8 Å². The topological polar surface area (TPSA) is 75.5 Å². The van der Waals surface area contributed by atoms with Crippen LogP contribution in [0.2, 0.25) is 0 Å². The number of unbranched alkanes of at least 4 members (excludes halogenated alkanes) is 30. The first-order valence-electron chi connectivity index (χ1n) is 18.6. The summed E-state index contributed by atoms with van der Waals surface area (Å²) in [6.07, 6.45) is 45.0. The first-order chi connectivity index (χ1) is 19.8. The normalized spacial score (nSPS) is 11.2. The number of hydroxylamine groups is 2. The monoisotopic (exact) mass is 570 g/mol. The Hall–Kier alpha value is -0.160. The number of nitrogens with two attached hydrogens (primary N) is 2. The molecule has 0 saturated heterocycles. The van der Waals surface area contributed by atoms with E-state index in [1.807, 2.05) is 0 Å². The van der Waals surface area contributed by atoms with Crippen molar-refractivity contribution in [1.29, 1.82) is 0 Å². The first-order valence-corrected chi connectivity index (χ1v) is 18.6. The predicted octanol–water partition coefficient (Wildman–Crippen LogP) is 12.0. The Labute approximate surface area is 254 Å². The Morgan fingerprint density at radius 2 is 0.450 bits per heavy atom. The standard InChI is InChI=1S/C36H75NO.H4N2/c1-3-5-7-9-11-13-15-17-19-21-23-25-27-29-31-33-35-37(38)36-34-32-30-28-26-24-22-20-18-16-14-12-10-8-6-4-2;1-2/h38H,3-36H2,1-2H3;1-2H2. The second-order valence-corrected chi connectivity index (χ2v) is 12.6. The van der Waals surface area contributed by atoms with Crippen LogP contribution >= 0.6 is 0 Å². The molecular weight excluding hydrogens is 490 g/mol. The van der Waals surface area contributed by atoms with Gasteiger partial charge in [-0.25, -0.2) is 0 Å². The van der Waals surface area contributed by atoms with Crippen molar-refractivity contribution in [3.05, 3.63) is 0 Å². The molecule has 0 aliphatic heterocycles. The molecule has 40 heavy (non-hydrogen) atoms. The van der Waals surface area contributed by atoms with Crippen LogP contribution in [0.15, 0.2) is 0 Å². The van der Waals surface area contributed by atoms with Crippen molar-refractivity contribution in [2.45, 2.75) is 219 Å². The summed E-state index contributed by atoms with van der Waals surface area (Å²) in [5.41, 5.74) is 0. The van der Waals surface area contributed by atoms with E-state index in [4.69, 9.17) is 0 Å². The highest BCUT2D eigenvalue weighted by molar-refractivity contribution is 4.54. The summed E-state index contributed by atoms with van der Waals surface area (Å²) >= 11 is 0. The average Bonchev–Trinajstić information content (AvgIpc) is 2.97. The minimum absolute atomic E-state index is 0.872. The lowest BCUT2D eigenvalue weighted by molar-refractivity contribution is -0.0925. The van der Waals surface area contributed by atoms with Gasteiger partial charge in [-0.3, -0.25) is 11.7 Å². The zero-order valence-electron chi connectivity index (χ0n) is 28.1. The fourth-order valence-corrected chi connectivity index (χ4v) is 5.80. The maximum atomic E-state index is 10.1. The summed E-state index contributed by atoms with van der Waals surface area (Å²) in [6.45, 7) is 6.34. The summed E-state index contributed by atoms with van der Waals surface area (Å²) in [4.78, 5) is 0. The van der Waals surface area contributed by atoms with E-state index in [9.17, 15) is 5.21 Å². The maximum absolute atomic E-state index is 10.1. The van der Waals surface area contributed by atoms with Crippen molar-refractivity contribution >= 4 is 0 Å². The van der Waals surface area contributed by atoms with Crippen LogP contribution in [0, 0.1) is 0 Å². The smallest absolute Gasteiger partial charge is 0.0238 e. The summed E-state index contributed by atoms with van der Waals surface area (Å²) in [6, 6.07) is 0. The number of hydrazine groups is 1. The molecule has 0 unspecified atom stereocenters. The molecule has 4 nitrogen and oxygen atoms in total. The Morgan fingerprint density at radius 1 is 0.300 bits per heavy atom. The Bertz CT molecular complexity index is 372. The molecule has 0 heterocycles. The van der Waals surface area contributed by atoms with E-state index in [0.717, 1.165) is 25.9 Å². The third kappa shape index (κ3) is 40.0. The highest BCUT2D eigenvalue weighted by Gasteiger charge is 2.01. The van der Waals surface area contributed by atoms with Crippen LogP contribution in [-0.2, 0) is 0 Å². The lowest BCUT2D eigenvalue weighted by Gasteiger charge is -2.14. The molecule has 0 aliphatic rings. The predicted molar refractivity (Wildman–Crippen MR) is 181 cm³/mol. The molecule has 4 heteroatoms. The van der Waals surface area contributed by atoms with Crippen molar-refractivity contribution in [3.63, 3.8) is 0 Å². The zero-order valence-corrected chi connectivity index (χ0v) is 28.1. The minimum Gasteiger partial charge on any atom is -0.314 e. The van der Waals surface area contributed by atoms with Crippen molar-refractivity contribution in [2.24, 2.45) is 11.7 Å². The van der Waals surface area contributed by atoms with Gasteiger partial charge in [0.05, 0.1) is 0 Å². The van der Waals surface area contributed by atoms with E-state index in [0.29, 0.717) is 0 Å². The molecule has 5 N–H and O–H groups in total. The summed E-state index contributed by atoms with van der Waals surface area (Å²) in [5, 5.41) is 11.7. The van der Waals surface area contributed by atoms with Crippen LogP contribution in [0.1, 0.15) is 219 Å². The Kier molecular flexibility index (Phi) is 43.0. The molecule has 0 rings (SSSR count). The van der Waals surface area contributed by atoms with Crippen LogP contribution in [0.5, 0.6) is 0 Å². The second kappa shape index (κ2) is 41.0. The van der Waals surface area contributed by atoms with Crippen LogP contribution in [0.4, 0.5) is 0 Å². The van der Waals surface area contributed by atoms with E-state index in [-0.39, 0.29) is 0 Å². The van der Waals surface area contributed by atoms with Gasteiger partial charge in [0.15, 0.2) is 0 Å². The minimum atomic E-state index is 0.872. The number of rotatable bonds is 34. The molecule has 0 aromatic rings. The molecule has 0 bridgehead atoms. The quantitative estimate of drug-likeness (QED) is 0.0409. The van der Waals surface area contributed by atoms with Crippen molar-refractivity contribution in [1.82, 2.24) is 5.06 Å². The van der Waals surface area contributed by atoms with Gasteiger partial charge in [-0.15, -0.1) is 0 Å². The van der Waals surface area contributed by atoms with Crippen molar-refractivity contribution < 1.29 is 5.21 Å².